The molecule has 0 bridgehead atoms. The molecule has 2 aliphatic carbocycles. The lowest BCUT2D eigenvalue weighted by Crippen LogP contribution is -2.14. The number of benzene rings is 4. The smallest absolute Gasteiger partial charge is 0.235 e. The minimum Gasteiger partial charge on any atom is -0.455 e. The van der Waals surface area contributed by atoms with Crippen molar-refractivity contribution in [3.05, 3.63) is 133 Å². The van der Waals surface area contributed by atoms with Crippen LogP contribution in [0.5, 0.6) is 0 Å². The van der Waals surface area contributed by atoms with Crippen LogP contribution in [-0.2, 0) is 0 Å². The summed E-state index contributed by atoms with van der Waals surface area (Å²) in [5.41, 5.74) is 8.31. The topological polar surface area (TPSA) is 43.9 Å². The molecule has 4 aromatic heterocycles. The quantitative estimate of drug-likeness (QED) is 0.208. The normalized spacial score (nSPS) is 17.5. The highest BCUT2D eigenvalue weighted by atomic mass is 32.1. The van der Waals surface area contributed by atoms with Gasteiger partial charge in [0.25, 0.3) is 0 Å². The van der Waals surface area contributed by atoms with E-state index in [2.05, 4.69) is 126 Å². The van der Waals surface area contributed by atoms with Crippen LogP contribution in [0.4, 0.5) is 0 Å². The summed E-state index contributed by atoms with van der Waals surface area (Å²) in [5, 5.41) is 4.57. The second-order valence-electron chi connectivity index (χ2n) is 11.3. The van der Waals surface area contributed by atoms with E-state index in [-0.39, 0.29) is 5.92 Å². The van der Waals surface area contributed by atoms with Gasteiger partial charge >= 0.3 is 0 Å². The number of nitrogens with zero attached hydrogens (tertiary/aromatic N) is 3. The van der Waals surface area contributed by atoms with E-state index in [1.807, 2.05) is 6.07 Å². The van der Waals surface area contributed by atoms with Gasteiger partial charge in [0.05, 0.1) is 27.1 Å². The van der Waals surface area contributed by atoms with Crippen LogP contribution >= 0.6 is 11.3 Å². The molecule has 0 fully saturated rings. The van der Waals surface area contributed by atoms with Crippen molar-refractivity contribution in [2.75, 3.05) is 0 Å². The van der Waals surface area contributed by atoms with Gasteiger partial charge in [-0.25, -0.2) is 9.97 Å². The van der Waals surface area contributed by atoms with Crippen LogP contribution in [0.25, 0.3) is 76.4 Å². The number of aromatic nitrogens is 3. The van der Waals surface area contributed by atoms with Gasteiger partial charge in [0, 0.05) is 43.6 Å². The molecule has 0 saturated heterocycles. The zero-order valence-corrected chi connectivity index (χ0v) is 23.8. The van der Waals surface area contributed by atoms with Crippen molar-refractivity contribution in [3.63, 3.8) is 0 Å². The Hall–Kier alpha value is -5.26. The number of allylic oxidation sites excluding steroid dienone is 5. The zero-order valence-electron chi connectivity index (χ0n) is 22.9. The molecule has 8 aromatic rings. The van der Waals surface area contributed by atoms with Crippen molar-refractivity contribution in [3.8, 4) is 17.2 Å². The number of hydrogen-bond acceptors (Lipinski definition) is 4. The molecule has 0 amide bonds. The van der Waals surface area contributed by atoms with E-state index in [1.54, 1.807) is 11.3 Å². The van der Waals surface area contributed by atoms with Gasteiger partial charge in [-0.15, -0.1) is 11.3 Å². The first-order chi connectivity index (χ1) is 21.3. The van der Waals surface area contributed by atoms with Crippen molar-refractivity contribution < 1.29 is 4.42 Å². The van der Waals surface area contributed by atoms with Gasteiger partial charge in [-0.2, -0.15) is 0 Å². The van der Waals surface area contributed by atoms with Crippen molar-refractivity contribution in [1.82, 2.24) is 14.5 Å². The maximum atomic E-state index is 6.65. The van der Waals surface area contributed by atoms with Gasteiger partial charge < -0.3 is 4.42 Å². The van der Waals surface area contributed by atoms with E-state index in [0.29, 0.717) is 11.9 Å². The van der Waals surface area contributed by atoms with Gasteiger partial charge in [0.15, 0.2) is 0 Å². The minimum absolute atomic E-state index is 0.201. The van der Waals surface area contributed by atoms with Crippen LogP contribution in [0.3, 0.4) is 0 Å². The number of para-hydroxylation sites is 1. The first-order valence-electron chi connectivity index (χ1n) is 14.6. The molecule has 0 N–H and O–H groups in total. The molecular formula is C38H23N3OS. The summed E-state index contributed by atoms with van der Waals surface area (Å²) in [6.07, 6.45) is 13.5. The molecule has 4 aromatic carbocycles. The van der Waals surface area contributed by atoms with E-state index in [1.165, 1.54) is 10.3 Å². The number of thiophene rings is 1. The Morgan fingerprint density at radius 3 is 2.47 bits per heavy atom. The van der Waals surface area contributed by atoms with Crippen LogP contribution in [-0.4, -0.2) is 14.5 Å². The molecule has 43 heavy (non-hydrogen) atoms. The summed E-state index contributed by atoms with van der Waals surface area (Å²) in [6, 6.07) is 31.8. The van der Waals surface area contributed by atoms with Crippen LogP contribution in [0.1, 0.15) is 17.2 Å². The Morgan fingerprint density at radius 1 is 0.721 bits per heavy atom. The Kier molecular flexibility index (Phi) is 4.68. The van der Waals surface area contributed by atoms with E-state index in [4.69, 9.17) is 14.4 Å². The maximum Gasteiger partial charge on any atom is 0.235 e. The highest BCUT2D eigenvalue weighted by molar-refractivity contribution is 7.26. The summed E-state index contributed by atoms with van der Waals surface area (Å²) >= 11 is 1.76. The molecule has 0 radical (unpaired) electrons. The Balaban J connectivity index is 1.37. The molecule has 0 spiro atoms. The SMILES string of the molecule is C1=CC2C=Cc3c(c4c5oc6ccccc6c5ccc4n3-c3nc(-c4ccccc4)c4sc5ccccc5c4n3)C2C=C1. The predicted molar refractivity (Wildman–Crippen MR) is 178 cm³/mol. The standard InChI is InChI=1S/C38H23N3OS/c1-2-11-23(12-3-1)34-37-35(27-15-7-9-17-31(27)43-37)40-38(39-34)41-28-20-18-22-10-4-5-13-24(22)32(28)33-29(41)21-19-26-25-14-6-8-16-30(25)42-36(26)33/h1-22,24H. The third-order valence-corrected chi connectivity index (χ3v) is 10.2. The first-order valence-corrected chi connectivity index (χ1v) is 15.4. The van der Waals surface area contributed by atoms with Crippen LogP contribution < -0.4 is 0 Å². The van der Waals surface area contributed by atoms with Gasteiger partial charge in [-0.1, -0.05) is 97.1 Å². The van der Waals surface area contributed by atoms with E-state index in [9.17, 15) is 0 Å². The molecule has 0 aliphatic heterocycles. The molecular weight excluding hydrogens is 547 g/mol. The summed E-state index contributed by atoms with van der Waals surface area (Å²) in [5.74, 6) is 1.17. The van der Waals surface area contributed by atoms with E-state index < -0.39 is 0 Å². The van der Waals surface area contributed by atoms with Gasteiger partial charge in [-0.05, 0) is 35.9 Å². The van der Waals surface area contributed by atoms with Crippen molar-refractivity contribution in [2.24, 2.45) is 5.92 Å². The highest BCUT2D eigenvalue weighted by Crippen LogP contribution is 2.48. The largest absolute Gasteiger partial charge is 0.455 e. The number of furan rings is 1. The Labute approximate surface area is 250 Å². The third-order valence-electron chi connectivity index (χ3n) is 8.99. The lowest BCUT2D eigenvalue weighted by molar-refractivity contribution is 0.668. The number of rotatable bonds is 2. The first kappa shape index (κ1) is 23.3. The summed E-state index contributed by atoms with van der Waals surface area (Å²) in [4.78, 5) is 10.7. The van der Waals surface area contributed by atoms with Gasteiger partial charge in [0.1, 0.15) is 11.2 Å². The molecule has 202 valence electrons. The fourth-order valence-electron chi connectivity index (χ4n) is 7.09. The molecule has 0 saturated carbocycles. The molecule has 5 heteroatoms. The Morgan fingerprint density at radius 2 is 1.53 bits per heavy atom. The van der Waals surface area contributed by atoms with Crippen LogP contribution in [0, 0.1) is 5.92 Å². The van der Waals surface area contributed by atoms with Crippen LogP contribution in [0.15, 0.2) is 126 Å². The predicted octanol–water partition coefficient (Wildman–Crippen LogP) is 10.2. The molecule has 2 atom stereocenters. The highest BCUT2D eigenvalue weighted by Gasteiger charge is 2.33. The van der Waals surface area contributed by atoms with Gasteiger partial charge in [-0.3, -0.25) is 4.57 Å². The van der Waals surface area contributed by atoms with Crippen molar-refractivity contribution >= 4 is 70.6 Å². The minimum atomic E-state index is 0.201. The lowest BCUT2D eigenvalue weighted by atomic mass is 9.78. The molecule has 4 heterocycles. The van der Waals surface area contributed by atoms with E-state index >= 15 is 0 Å². The van der Waals surface area contributed by atoms with E-state index in [0.717, 1.165) is 65.4 Å². The maximum absolute atomic E-state index is 6.65. The second kappa shape index (κ2) is 8.63. The number of hydrogen-bond donors (Lipinski definition) is 0. The van der Waals surface area contributed by atoms with Crippen molar-refractivity contribution in [2.45, 2.75) is 5.92 Å². The molecule has 10 rings (SSSR count). The average Bonchev–Trinajstić information content (AvgIpc) is 3.74. The summed E-state index contributed by atoms with van der Waals surface area (Å²) in [6.45, 7) is 0. The molecule has 2 unspecified atom stereocenters. The fourth-order valence-corrected chi connectivity index (χ4v) is 8.24. The third kappa shape index (κ3) is 3.20. The van der Waals surface area contributed by atoms with Gasteiger partial charge in [0.2, 0.25) is 5.95 Å². The Bertz CT molecular complexity index is 2530. The average molecular weight is 570 g/mol. The number of fused-ring (bicyclic) bond motifs is 12. The lowest BCUT2D eigenvalue weighted by Gasteiger charge is -2.26. The summed E-state index contributed by atoms with van der Waals surface area (Å²) in [7, 11) is 0. The molecule has 4 nitrogen and oxygen atoms in total. The second-order valence-corrected chi connectivity index (χ2v) is 12.4. The van der Waals surface area contributed by atoms with Crippen LogP contribution in [0.2, 0.25) is 0 Å². The summed E-state index contributed by atoms with van der Waals surface area (Å²) < 4.78 is 11.2. The zero-order chi connectivity index (χ0) is 28.1. The van der Waals surface area contributed by atoms with Crippen molar-refractivity contribution in [1.29, 1.82) is 0 Å². The monoisotopic (exact) mass is 569 g/mol. The molecule has 2 aliphatic rings. The fraction of sp³-hybridized carbons (Fsp3) is 0.0526.